The molecule has 1 heterocycles. The van der Waals surface area contributed by atoms with E-state index in [4.69, 9.17) is 9.72 Å². The van der Waals surface area contributed by atoms with Gasteiger partial charge in [-0.05, 0) is 24.6 Å². The smallest absolute Gasteiger partial charge is 0.240 e. The molecule has 0 saturated carbocycles. The quantitative estimate of drug-likeness (QED) is 0.372. The maximum absolute atomic E-state index is 13.0. The highest BCUT2D eigenvalue weighted by atomic mass is 32.1. The van der Waals surface area contributed by atoms with E-state index < -0.39 is 0 Å². The SMILES string of the molecule is COc1ccccc1N(CC(=O)N[C@H](C)c1ccccc1)c1nc(-c2ccccc2)cs1. The predicted molar refractivity (Wildman–Crippen MR) is 131 cm³/mol. The fraction of sp³-hybridized carbons (Fsp3) is 0.154. The minimum absolute atomic E-state index is 0.0938. The molecule has 0 fully saturated rings. The monoisotopic (exact) mass is 443 g/mol. The molecule has 0 aliphatic rings. The lowest BCUT2D eigenvalue weighted by molar-refractivity contribution is -0.120. The summed E-state index contributed by atoms with van der Waals surface area (Å²) < 4.78 is 5.57. The Bertz CT molecular complexity index is 1160. The van der Waals surface area contributed by atoms with Crippen LogP contribution in [0.15, 0.2) is 90.3 Å². The van der Waals surface area contributed by atoms with Gasteiger partial charge in [-0.15, -0.1) is 11.3 Å². The number of thiazole rings is 1. The zero-order chi connectivity index (χ0) is 22.3. The van der Waals surface area contributed by atoms with E-state index in [0.717, 1.165) is 27.6 Å². The molecule has 0 aliphatic heterocycles. The van der Waals surface area contributed by atoms with Gasteiger partial charge in [-0.25, -0.2) is 4.98 Å². The summed E-state index contributed by atoms with van der Waals surface area (Å²) in [5.41, 5.74) is 3.78. The lowest BCUT2D eigenvalue weighted by Crippen LogP contribution is -2.36. The van der Waals surface area contributed by atoms with Gasteiger partial charge in [0.1, 0.15) is 12.3 Å². The van der Waals surface area contributed by atoms with Crippen LogP contribution in [0, 0.1) is 0 Å². The number of ether oxygens (including phenoxy) is 1. The maximum Gasteiger partial charge on any atom is 0.240 e. The second-order valence-electron chi connectivity index (χ2n) is 7.34. The van der Waals surface area contributed by atoms with Crippen LogP contribution in [0.1, 0.15) is 18.5 Å². The molecule has 0 unspecified atom stereocenters. The van der Waals surface area contributed by atoms with Gasteiger partial charge in [0.2, 0.25) is 5.91 Å². The molecule has 5 nitrogen and oxygen atoms in total. The third kappa shape index (κ3) is 4.98. The molecule has 0 aliphatic carbocycles. The maximum atomic E-state index is 13.0. The van der Waals surface area contributed by atoms with Gasteiger partial charge in [0.25, 0.3) is 0 Å². The molecule has 1 atom stereocenters. The van der Waals surface area contributed by atoms with Crippen LogP contribution in [0.5, 0.6) is 5.75 Å². The van der Waals surface area contributed by atoms with Gasteiger partial charge in [-0.1, -0.05) is 72.8 Å². The van der Waals surface area contributed by atoms with E-state index in [1.54, 1.807) is 7.11 Å². The molecule has 1 N–H and O–H groups in total. The summed E-state index contributed by atoms with van der Waals surface area (Å²) in [5, 5.41) is 5.84. The van der Waals surface area contributed by atoms with Gasteiger partial charge in [0, 0.05) is 10.9 Å². The number of anilines is 2. The van der Waals surface area contributed by atoms with E-state index in [1.807, 2.05) is 102 Å². The number of hydrogen-bond acceptors (Lipinski definition) is 5. The zero-order valence-electron chi connectivity index (χ0n) is 18.1. The van der Waals surface area contributed by atoms with Crippen LogP contribution >= 0.6 is 11.3 Å². The Morgan fingerprint density at radius 2 is 1.66 bits per heavy atom. The first-order chi connectivity index (χ1) is 15.7. The summed E-state index contributed by atoms with van der Waals surface area (Å²) in [6.07, 6.45) is 0. The molecule has 0 bridgehead atoms. The fourth-order valence-corrected chi connectivity index (χ4v) is 4.34. The molecule has 0 spiro atoms. The Balaban J connectivity index is 1.62. The first-order valence-electron chi connectivity index (χ1n) is 10.4. The number of aromatic nitrogens is 1. The molecule has 4 rings (SSSR count). The van der Waals surface area contributed by atoms with Crippen LogP contribution in [-0.2, 0) is 4.79 Å². The number of hydrogen-bond donors (Lipinski definition) is 1. The molecule has 4 aromatic rings. The molecule has 1 amide bonds. The minimum Gasteiger partial charge on any atom is -0.495 e. The van der Waals surface area contributed by atoms with Crippen LogP contribution in [0.2, 0.25) is 0 Å². The Hall–Kier alpha value is -3.64. The number of carbonyl (C=O) groups is 1. The van der Waals surface area contributed by atoms with E-state index >= 15 is 0 Å². The van der Waals surface area contributed by atoms with E-state index in [0.29, 0.717) is 5.75 Å². The van der Waals surface area contributed by atoms with Crippen LogP contribution < -0.4 is 15.0 Å². The van der Waals surface area contributed by atoms with Crippen molar-refractivity contribution in [3.8, 4) is 17.0 Å². The number of nitrogens with zero attached hydrogens (tertiary/aromatic N) is 2. The zero-order valence-corrected chi connectivity index (χ0v) is 18.9. The Labute approximate surface area is 192 Å². The first-order valence-corrected chi connectivity index (χ1v) is 11.3. The molecule has 0 radical (unpaired) electrons. The molecule has 0 saturated heterocycles. The van der Waals surface area contributed by atoms with Crippen molar-refractivity contribution >= 4 is 28.1 Å². The van der Waals surface area contributed by atoms with Crippen LogP contribution in [-0.4, -0.2) is 24.5 Å². The van der Waals surface area contributed by atoms with Crippen molar-refractivity contribution in [2.75, 3.05) is 18.6 Å². The Morgan fingerprint density at radius 1 is 1.00 bits per heavy atom. The van der Waals surface area contributed by atoms with Crippen molar-refractivity contribution < 1.29 is 9.53 Å². The average molecular weight is 444 g/mol. The Kier molecular flexibility index (Phi) is 6.82. The van der Waals surface area contributed by atoms with E-state index in [9.17, 15) is 4.79 Å². The number of nitrogens with one attached hydrogen (secondary N) is 1. The molecular formula is C26H25N3O2S. The molecule has 6 heteroatoms. The standard InChI is InChI=1S/C26H25N3O2S/c1-19(20-11-5-3-6-12-20)27-25(30)17-29(23-15-9-10-16-24(23)31-2)26-28-22(18-32-26)21-13-7-4-8-14-21/h3-16,18-19H,17H2,1-2H3,(H,27,30)/t19-/m1/s1. The van der Waals surface area contributed by atoms with E-state index in [-0.39, 0.29) is 18.5 Å². The summed E-state index contributed by atoms with van der Waals surface area (Å²) in [4.78, 5) is 19.8. The summed E-state index contributed by atoms with van der Waals surface area (Å²) in [7, 11) is 1.63. The molecule has 162 valence electrons. The van der Waals surface area contributed by atoms with Gasteiger partial charge in [0.05, 0.1) is 24.5 Å². The topological polar surface area (TPSA) is 54.5 Å². The highest BCUT2D eigenvalue weighted by Gasteiger charge is 2.21. The summed E-state index contributed by atoms with van der Waals surface area (Å²) in [6, 6.07) is 27.5. The first kappa shape index (κ1) is 21.6. The fourth-order valence-electron chi connectivity index (χ4n) is 3.49. The van der Waals surface area contributed by atoms with Gasteiger partial charge < -0.3 is 15.0 Å². The van der Waals surface area contributed by atoms with Crippen molar-refractivity contribution in [3.63, 3.8) is 0 Å². The summed E-state index contributed by atoms with van der Waals surface area (Å²) >= 11 is 1.50. The number of methoxy groups -OCH3 is 1. The van der Waals surface area contributed by atoms with Crippen molar-refractivity contribution in [3.05, 3.63) is 95.9 Å². The van der Waals surface area contributed by atoms with Crippen molar-refractivity contribution in [2.24, 2.45) is 0 Å². The second kappa shape index (κ2) is 10.1. The van der Waals surface area contributed by atoms with Gasteiger partial charge in [0.15, 0.2) is 5.13 Å². The van der Waals surface area contributed by atoms with E-state index in [2.05, 4.69) is 5.32 Å². The lowest BCUT2D eigenvalue weighted by Gasteiger charge is -2.24. The third-order valence-electron chi connectivity index (χ3n) is 5.15. The van der Waals surface area contributed by atoms with Crippen LogP contribution in [0.25, 0.3) is 11.3 Å². The number of benzene rings is 3. The molecule has 3 aromatic carbocycles. The van der Waals surface area contributed by atoms with Crippen molar-refractivity contribution in [2.45, 2.75) is 13.0 Å². The highest BCUT2D eigenvalue weighted by Crippen LogP contribution is 2.36. The third-order valence-corrected chi connectivity index (χ3v) is 6.01. The van der Waals surface area contributed by atoms with Crippen LogP contribution in [0.3, 0.4) is 0 Å². The summed E-state index contributed by atoms with van der Waals surface area (Å²) in [6.45, 7) is 2.11. The van der Waals surface area contributed by atoms with Gasteiger partial charge in [-0.3, -0.25) is 4.79 Å². The van der Waals surface area contributed by atoms with Crippen molar-refractivity contribution in [1.29, 1.82) is 0 Å². The largest absolute Gasteiger partial charge is 0.495 e. The molecular weight excluding hydrogens is 418 g/mol. The average Bonchev–Trinajstić information content (AvgIpc) is 3.34. The summed E-state index contributed by atoms with van der Waals surface area (Å²) in [5.74, 6) is 0.594. The molecule has 1 aromatic heterocycles. The lowest BCUT2D eigenvalue weighted by atomic mass is 10.1. The number of para-hydroxylation sites is 2. The number of carbonyl (C=O) groups excluding carboxylic acids is 1. The van der Waals surface area contributed by atoms with E-state index in [1.165, 1.54) is 11.3 Å². The van der Waals surface area contributed by atoms with Crippen LogP contribution in [0.4, 0.5) is 10.8 Å². The van der Waals surface area contributed by atoms with Gasteiger partial charge in [-0.2, -0.15) is 0 Å². The normalized spacial score (nSPS) is 11.6. The highest BCUT2D eigenvalue weighted by molar-refractivity contribution is 7.14. The van der Waals surface area contributed by atoms with Gasteiger partial charge >= 0.3 is 0 Å². The number of rotatable bonds is 8. The Morgan fingerprint density at radius 3 is 2.38 bits per heavy atom. The molecule has 32 heavy (non-hydrogen) atoms. The predicted octanol–water partition coefficient (Wildman–Crippen LogP) is 5.83. The number of amides is 1. The minimum atomic E-state index is -0.0978. The van der Waals surface area contributed by atoms with Crippen molar-refractivity contribution in [1.82, 2.24) is 10.3 Å². The second-order valence-corrected chi connectivity index (χ2v) is 8.18.